The van der Waals surface area contributed by atoms with Crippen molar-refractivity contribution in [3.8, 4) is 0 Å². The van der Waals surface area contributed by atoms with Gasteiger partial charge in [0.1, 0.15) is 0 Å². The average Bonchev–Trinajstić information content (AvgIpc) is 2.58. The summed E-state index contributed by atoms with van der Waals surface area (Å²) in [6.07, 6.45) is 0. The summed E-state index contributed by atoms with van der Waals surface area (Å²) in [5.74, 6) is 0. The van der Waals surface area contributed by atoms with E-state index in [1.54, 1.807) is 0 Å². The predicted octanol–water partition coefficient (Wildman–Crippen LogP) is 3.57. The molecule has 0 aliphatic rings. The molecule has 2 heteroatoms. The van der Waals surface area contributed by atoms with Gasteiger partial charge >= 0.3 is 121 Å². The van der Waals surface area contributed by atoms with Crippen LogP contribution in [0.25, 0.3) is 0 Å². The Kier molecular flexibility index (Phi) is 7.63. The number of hydrogen-bond donors (Lipinski definition) is 0. The Hall–Kier alpha value is -1.32. The second kappa shape index (κ2) is 9.73. The summed E-state index contributed by atoms with van der Waals surface area (Å²) in [5.41, 5.74) is 0. The molecule has 0 bridgehead atoms. The van der Waals surface area contributed by atoms with Gasteiger partial charge < -0.3 is 0 Å². The van der Waals surface area contributed by atoms with Crippen molar-refractivity contribution in [1.82, 2.24) is 0 Å². The quantitative estimate of drug-likeness (QED) is 0.566. The molecular formula is C21H24SiSn. The first-order chi connectivity index (χ1) is 11.2. The fraction of sp³-hybridized carbons (Fsp3) is 0.143. The van der Waals surface area contributed by atoms with E-state index in [2.05, 4.69) is 111 Å². The van der Waals surface area contributed by atoms with Crippen LogP contribution in [0, 0.1) is 0 Å². The van der Waals surface area contributed by atoms with Crippen molar-refractivity contribution in [1.29, 1.82) is 0 Å². The van der Waals surface area contributed by atoms with Crippen molar-refractivity contribution >= 4 is 39.3 Å². The molecule has 0 saturated carbocycles. The van der Waals surface area contributed by atoms with Gasteiger partial charge in [-0.15, -0.1) is 0 Å². The van der Waals surface area contributed by atoms with Crippen LogP contribution in [0.2, 0.25) is 19.6 Å². The van der Waals surface area contributed by atoms with Gasteiger partial charge in [0, 0.05) is 8.80 Å². The molecule has 0 atom stereocenters. The van der Waals surface area contributed by atoms with E-state index in [1.807, 2.05) is 0 Å². The molecule has 0 N–H and O–H groups in total. The molecule has 0 amide bonds. The Balaban J connectivity index is 0.000000433. The van der Waals surface area contributed by atoms with Crippen molar-refractivity contribution in [2.75, 3.05) is 0 Å². The van der Waals surface area contributed by atoms with E-state index in [4.69, 9.17) is 0 Å². The molecule has 0 aliphatic carbocycles. The van der Waals surface area contributed by atoms with Gasteiger partial charge in [-0.05, 0) is 0 Å². The van der Waals surface area contributed by atoms with Gasteiger partial charge in [-0.25, -0.2) is 0 Å². The van der Waals surface area contributed by atoms with Crippen LogP contribution >= 0.6 is 0 Å². The van der Waals surface area contributed by atoms with Crippen LogP contribution in [0.5, 0.6) is 0 Å². The summed E-state index contributed by atoms with van der Waals surface area (Å²) in [6.45, 7) is 6.81. The molecule has 0 saturated heterocycles. The molecule has 0 heterocycles. The number of rotatable bonds is 3. The van der Waals surface area contributed by atoms with Gasteiger partial charge in [0.05, 0.1) is 0 Å². The van der Waals surface area contributed by atoms with Gasteiger partial charge in [0.25, 0.3) is 0 Å². The fourth-order valence-electron chi connectivity index (χ4n) is 2.31. The van der Waals surface area contributed by atoms with Crippen molar-refractivity contribution in [3.63, 3.8) is 0 Å². The van der Waals surface area contributed by atoms with Crippen LogP contribution in [0.4, 0.5) is 0 Å². The molecule has 0 aliphatic heterocycles. The first kappa shape index (κ1) is 18.0. The molecule has 0 unspecified atom stereocenters. The normalized spacial score (nSPS) is 10.3. The molecular weight excluding hydrogens is 399 g/mol. The van der Waals surface area contributed by atoms with E-state index in [1.165, 1.54) is 10.7 Å². The van der Waals surface area contributed by atoms with Gasteiger partial charge in [-0.2, -0.15) is 0 Å². The molecule has 3 rings (SSSR count). The first-order valence-electron chi connectivity index (χ1n) is 7.98. The summed E-state index contributed by atoms with van der Waals surface area (Å²) < 4.78 is 4.59. The van der Waals surface area contributed by atoms with Crippen LogP contribution in [-0.4, -0.2) is 28.6 Å². The Morgan fingerprint density at radius 2 is 0.696 bits per heavy atom. The van der Waals surface area contributed by atoms with Crippen LogP contribution in [-0.2, 0) is 0 Å². The molecule has 0 fully saturated rings. The molecule has 116 valence electrons. The van der Waals surface area contributed by atoms with E-state index < -0.39 is 19.8 Å². The van der Waals surface area contributed by atoms with E-state index in [9.17, 15) is 0 Å². The third-order valence-corrected chi connectivity index (χ3v) is 11.0. The zero-order valence-corrected chi connectivity index (χ0v) is 18.0. The Morgan fingerprint density at radius 3 is 0.913 bits per heavy atom. The van der Waals surface area contributed by atoms with Crippen molar-refractivity contribution in [2.45, 2.75) is 19.6 Å². The molecule has 3 aromatic rings. The van der Waals surface area contributed by atoms with Crippen LogP contribution in [0.3, 0.4) is 0 Å². The molecule has 0 nitrogen and oxygen atoms in total. The van der Waals surface area contributed by atoms with Crippen molar-refractivity contribution in [3.05, 3.63) is 91.0 Å². The third-order valence-electron chi connectivity index (χ3n) is 3.19. The minimum atomic E-state index is -1.98. The topological polar surface area (TPSA) is 0 Å². The van der Waals surface area contributed by atoms with Crippen LogP contribution in [0.15, 0.2) is 91.0 Å². The van der Waals surface area contributed by atoms with Gasteiger partial charge in [-0.1, -0.05) is 19.6 Å². The Labute approximate surface area is 149 Å². The SMILES string of the molecule is C[Si](C)C.c1cc[c]([Sn]([c]2ccccc2)[c]2ccccc2)cc1. The van der Waals surface area contributed by atoms with E-state index >= 15 is 0 Å². The molecule has 23 heavy (non-hydrogen) atoms. The fourth-order valence-corrected chi connectivity index (χ4v) is 9.67. The molecule has 3 aromatic carbocycles. The Morgan fingerprint density at radius 1 is 0.478 bits per heavy atom. The van der Waals surface area contributed by atoms with Crippen LogP contribution in [0.1, 0.15) is 0 Å². The maximum absolute atomic E-state index is 2.29. The molecule has 2 radical (unpaired) electrons. The second-order valence-corrected chi connectivity index (χ2v) is 16.1. The monoisotopic (exact) mass is 424 g/mol. The van der Waals surface area contributed by atoms with E-state index in [0.29, 0.717) is 0 Å². The summed E-state index contributed by atoms with van der Waals surface area (Å²) in [7, 11) is 0.120. The van der Waals surface area contributed by atoms with Gasteiger partial charge in [0.15, 0.2) is 0 Å². The molecule has 0 spiro atoms. The summed E-state index contributed by atoms with van der Waals surface area (Å²) in [5, 5.41) is 0. The average molecular weight is 423 g/mol. The second-order valence-electron chi connectivity index (χ2n) is 5.97. The number of hydrogen-bond acceptors (Lipinski definition) is 0. The Bertz CT molecular complexity index is 569. The van der Waals surface area contributed by atoms with Gasteiger partial charge in [-0.3, -0.25) is 0 Å². The minimum absolute atomic E-state index is 0.120. The number of benzene rings is 3. The van der Waals surface area contributed by atoms with E-state index in [-0.39, 0.29) is 8.80 Å². The molecule has 0 aromatic heterocycles. The van der Waals surface area contributed by atoms with Gasteiger partial charge in [0.2, 0.25) is 0 Å². The predicted molar refractivity (Wildman–Crippen MR) is 107 cm³/mol. The van der Waals surface area contributed by atoms with Crippen molar-refractivity contribution in [2.24, 2.45) is 0 Å². The third kappa shape index (κ3) is 6.00. The standard InChI is InChI=1S/3C6H5.C3H9Si.Sn/c3*1-2-4-6-5-3-1;1-4(2)3;/h3*1-5H;1-3H3;. The summed E-state index contributed by atoms with van der Waals surface area (Å²) in [4.78, 5) is 0. The van der Waals surface area contributed by atoms with Crippen LogP contribution < -0.4 is 10.7 Å². The summed E-state index contributed by atoms with van der Waals surface area (Å²) >= 11 is -1.98. The summed E-state index contributed by atoms with van der Waals surface area (Å²) in [6, 6.07) is 32.9. The van der Waals surface area contributed by atoms with Crippen molar-refractivity contribution < 1.29 is 0 Å². The maximum atomic E-state index is 2.29. The van der Waals surface area contributed by atoms with E-state index in [0.717, 1.165) is 0 Å². The first-order valence-corrected chi connectivity index (χ1v) is 15.3. The zero-order chi connectivity index (χ0) is 16.5. The zero-order valence-electron chi connectivity index (χ0n) is 14.2.